The van der Waals surface area contributed by atoms with Gasteiger partial charge in [0.05, 0.1) is 12.2 Å². The Morgan fingerprint density at radius 2 is 1.76 bits per heavy atom. The molecule has 2 aromatic heterocycles. The summed E-state index contributed by atoms with van der Waals surface area (Å²) in [7, 11) is 0. The van der Waals surface area contributed by atoms with Crippen LogP contribution in [0.2, 0.25) is 0 Å². The van der Waals surface area contributed by atoms with Crippen LogP contribution in [0.15, 0.2) is 67.0 Å². The van der Waals surface area contributed by atoms with Crippen LogP contribution in [0.5, 0.6) is 0 Å². The molecule has 0 fully saturated rings. The van der Waals surface area contributed by atoms with E-state index in [1.54, 1.807) is 6.20 Å². The molecule has 0 unspecified atom stereocenters. The van der Waals surface area contributed by atoms with Crippen LogP contribution in [0.4, 0.5) is 0 Å². The topological polar surface area (TPSA) is 30.7 Å². The first-order chi connectivity index (χ1) is 10.4. The van der Waals surface area contributed by atoms with Crippen molar-refractivity contribution in [2.24, 2.45) is 0 Å². The van der Waals surface area contributed by atoms with Crippen molar-refractivity contribution >= 4 is 0 Å². The van der Waals surface area contributed by atoms with Gasteiger partial charge in [-0.15, -0.1) is 0 Å². The van der Waals surface area contributed by atoms with E-state index in [4.69, 9.17) is 0 Å². The van der Waals surface area contributed by atoms with Crippen LogP contribution in [-0.2, 0) is 6.54 Å². The number of rotatable bonds is 3. The van der Waals surface area contributed by atoms with Crippen molar-refractivity contribution in [3.8, 4) is 23.1 Å². The van der Waals surface area contributed by atoms with Gasteiger partial charge in [0.25, 0.3) is 0 Å². The Bertz CT molecular complexity index is 749. The molecule has 3 aromatic rings. The van der Waals surface area contributed by atoms with E-state index in [1.807, 2.05) is 53.3 Å². The average molecular weight is 273 g/mol. The van der Waals surface area contributed by atoms with Gasteiger partial charge in [0.1, 0.15) is 5.69 Å². The second-order valence-electron chi connectivity index (χ2n) is 4.57. The van der Waals surface area contributed by atoms with Crippen molar-refractivity contribution in [1.82, 2.24) is 14.8 Å². The van der Waals surface area contributed by atoms with Crippen molar-refractivity contribution in [1.29, 1.82) is 0 Å². The fourth-order valence-electron chi connectivity index (χ4n) is 2.12. The smallest absolute Gasteiger partial charge is 0.113 e. The Balaban J connectivity index is 1.68. The highest BCUT2D eigenvalue weighted by Gasteiger charge is 2.03. The molecule has 0 saturated heterocycles. The van der Waals surface area contributed by atoms with E-state index in [2.05, 4.69) is 34.1 Å². The molecule has 3 heteroatoms. The molecule has 0 atom stereocenters. The molecule has 0 saturated carbocycles. The van der Waals surface area contributed by atoms with E-state index in [0.717, 1.165) is 24.4 Å². The average Bonchev–Trinajstić information content (AvgIpc) is 3.02. The summed E-state index contributed by atoms with van der Waals surface area (Å²) in [5.74, 6) is 6.21. The van der Waals surface area contributed by atoms with Crippen LogP contribution in [0.1, 0.15) is 12.1 Å². The van der Waals surface area contributed by atoms with Gasteiger partial charge in [0.15, 0.2) is 0 Å². The molecule has 3 nitrogen and oxygen atoms in total. The zero-order chi connectivity index (χ0) is 14.3. The zero-order valence-electron chi connectivity index (χ0n) is 11.6. The molecule has 0 aliphatic carbocycles. The fraction of sp³-hybridized carbons (Fsp3) is 0.111. The summed E-state index contributed by atoms with van der Waals surface area (Å²) < 4.78 is 1.99. The monoisotopic (exact) mass is 273 g/mol. The number of aromatic nitrogens is 3. The van der Waals surface area contributed by atoms with Gasteiger partial charge in [-0.1, -0.05) is 42.3 Å². The molecular formula is C18H15N3. The lowest BCUT2D eigenvalue weighted by Gasteiger charge is -2.05. The van der Waals surface area contributed by atoms with Gasteiger partial charge in [0, 0.05) is 18.8 Å². The van der Waals surface area contributed by atoms with Crippen LogP contribution in [-0.4, -0.2) is 14.8 Å². The molecular weight excluding hydrogens is 258 g/mol. The highest BCUT2D eigenvalue weighted by Crippen LogP contribution is 2.18. The lowest BCUT2D eigenvalue weighted by atomic mass is 10.1. The summed E-state index contributed by atoms with van der Waals surface area (Å²) in [4.78, 5) is 4.18. The minimum absolute atomic E-state index is 0.748. The third-order valence-corrected chi connectivity index (χ3v) is 3.12. The number of benzene rings is 1. The van der Waals surface area contributed by atoms with Crippen LogP contribution in [0.3, 0.4) is 0 Å². The Kier molecular flexibility index (Phi) is 4.09. The Labute approximate surface area is 124 Å². The molecule has 0 aliphatic rings. The molecule has 0 N–H and O–H groups in total. The predicted molar refractivity (Wildman–Crippen MR) is 83.4 cm³/mol. The quantitative estimate of drug-likeness (QED) is 0.685. The minimum Gasteiger partial charge on any atom is -0.264 e. The Morgan fingerprint density at radius 3 is 2.57 bits per heavy atom. The predicted octanol–water partition coefficient (Wildman–Crippen LogP) is 3.39. The van der Waals surface area contributed by atoms with E-state index in [-0.39, 0.29) is 0 Å². The molecule has 102 valence electrons. The van der Waals surface area contributed by atoms with Gasteiger partial charge in [-0.3, -0.25) is 4.68 Å². The molecule has 0 radical (unpaired) electrons. The van der Waals surface area contributed by atoms with Gasteiger partial charge in [-0.2, -0.15) is 5.10 Å². The molecule has 1 aromatic carbocycles. The maximum Gasteiger partial charge on any atom is 0.113 e. The van der Waals surface area contributed by atoms with Gasteiger partial charge in [0.2, 0.25) is 0 Å². The third-order valence-electron chi connectivity index (χ3n) is 3.12. The van der Waals surface area contributed by atoms with E-state index in [0.29, 0.717) is 0 Å². The van der Waals surface area contributed by atoms with E-state index < -0.39 is 0 Å². The normalized spacial score (nSPS) is 9.90. The highest BCUT2D eigenvalue weighted by atomic mass is 15.3. The standard InChI is InChI=1S/C18H15N3/c1-2-8-16(9-3-1)18-12-14-20-21(18)15-7-5-11-17-10-4-6-13-19-17/h1-4,6,8-10,12-14H,7,15H2. The first-order valence-corrected chi connectivity index (χ1v) is 6.90. The summed E-state index contributed by atoms with van der Waals surface area (Å²) in [6.45, 7) is 0.775. The van der Waals surface area contributed by atoms with Crippen LogP contribution < -0.4 is 0 Å². The Hall–Kier alpha value is -2.86. The molecule has 0 amide bonds. The molecule has 0 bridgehead atoms. The van der Waals surface area contributed by atoms with Gasteiger partial charge in [-0.25, -0.2) is 4.98 Å². The SMILES string of the molecule is C(#Cc1ccccn1)CCn1nccc1-c1ccccc1. The van der Waals surface area contributed by atoms with Gasteiger partial charge >= 0.3 is 0 Å². The molecule has 21 heavy (non-hydrogen) atoms. The summed E-state index contributed by atoms with van der Waals surface area (Å²) in [6, 6.07) is 18.0. The molecule has 0 spiro atoms. The number of pyridine rings is 1. The van der Waals surface area contributed by atoms with E-state index >= 15 is 0 Å². The zero-order valence-corrected chi connectivity index (χ0v) is 11.6. The third kappa shape index (κ3) is 3.37. The highest BCUT2D eigenvalue weighted by molar-refractivity contribution is 5.58. The van der Waals surface area contributed by atoms with Crippen molar-refractivity contribution in [2.75, 3.05) is 0 Å². The van der Waals surface area contributed by atoms with Gasteiger partial charge in [-0.05, 0) is 29.7 Å². The Morgan fingerprint density at radius 1 is 0.905 bits per heavy atom. The summed E-state index contributed by atoms with van der Waals surface area (Å²) >= 11 is 0. The van der Waals surface area contributed by atoms with Crippen molar-refractivity contribution in [3.05, 3.63) is 72.7 Å². The number of nitrogens with zero attached hydrogens (tertiary/aromatic N) is 3. The summed E-state index contributed by atoms with van der Waals surface area (Å²) in [6.07, 6.45) is 4.33. The second-order valence-corrected chi connectivity index (χ2v) is 4.57. The number of aryl methyl sites for hydroxylation is 1. The molecule has 2 heterocycles. The summed E-state index contributed by atoms with van der Waals surface area (Å²) in [5.41, 5.74) is 3.10. The van der Waals surface area contributed by atoms with Crippen LogP contribution in [0.25, 0.3) is 11.3 Å². The second kappa shape index (κ2) is 6.53. The van der Waals surface area contributed by atoms with Crippen molar-refractivity contribution in [2.45, 2.75) is 13.0 Å². The lowest BCUT2D eigenvalue weighted by molar-refractivity contribution is 0.637. The van der Waals surface area contributed by atoms with E-state index in [9.17, 15) is 0 Å². The van der Waals surface area contributed by atoms with Crippen molar-refractivity contribution in [3.63, 3.8) is 0 Å². The maximum atomic E-state index is 4.37. The first kappa shape index (κ1) is 13.1. The van der Waals surface area contributed by atoms with Crippen LogP contribution in [0, 0.1) is 11.8 Å². The number of hydrogen-bond acceptors (Lipinski definition) is 2. The maximum absolute atomic E-state index is 4.37. The largest absolute Gasteiger partial charge is 0.264 e. The number of hydrogen-bond donors (Lipinski definition) is 0. The van der Waals surface area contributed by atoms with Crippen LogP contribution >= 0.6 is 0 Å². The minimum atomic E-state index is 0.748. The first-order valence-electron chi connectivity index (χ1n) is 6.90. The fourth-order valence-corrected chi connectivity index (χ4v) is 2.12. The molecule has 0 aliphatic heterocycles. The summed E-state index contributed by atoms with van der Waals surface area (Å²) in [5, 5.41) is 4.37. The molecule has 3 rings (SSSR count). The van der Waals surface area contributed by atoms with E-state index in [1.165, 1.54) is 5.56 Å². The van der Waals surface area contributed by atoms with Gasteiger partial charge < -0.3 is 0 Å². The van der Waals surface area contributed by atoms with Crippen molar-refractivity contribution < 1.29 is 0 Å². The lowest BCUT2D eigenvalue weighted by Crippen LogP contribution is -2.01.